The molecule has 1 aromatic rings. The number of fused-ring (bicyclic) bond motifs is 1. The number of benzene rings is 1. The van der Waals surface area contributed by atoms with Crippen molar-refractivity contribution in [3.63, 3.8) is 0 Å². The Hall–Kier alpha value is -1.75. The molecular weight excluding hydrogens is 244 g/mol. The van der Waals surface area contributed by atoms with E-state index in [1.807, 2.05) is 25.1 Å². The molecule has 1 atom stereocenters. The number of carbonyl (C=O) groups is 1. The van der Waals surface area contributed by atoms with Crippen LogP contribution in [0.2, 0.25) is 0 Å². The van der Waals surface area contributed by atoms with Gasteiger partial charge in [-0.2, -0.15) is 0 Å². The molecule has 19 heavy (non-hydrogen) atoms. The van der Waals surface area contributed by atoms with Gasteiger partial charge in [-0.25, -0.2) is 0 Å². The lowest BCUT2D eigenvalue weighted by Crippen LogP contribution is -2.22. The van der Waals surface area contributed by atoms with Crippen LogP contribution < -0.4 is 15.2 Å². The zero-order chi connectivity index (χ0) is 14.4. The maximum absolute atomic E-state index is 11.6. The minimum atomic E-state index is 0.134. The molecule has 0 aliphatic carbocycles. The summed E-state index contributed by atoms with van der Waals surface area (Å²) in [5.74, 6) is 1.86. The van der Waals surface area contributed by atoms with E-state index in [1.165, 1.54) is 7.05 Å². The molecule has 2 N–H and O–H groups in total. The Morgan fingerprint density at radius 3 is 2.58 bits per heavy atom. The fourth-order valence-electron chi connectivity index (χ4n) is 1.78. The Kier molecular flexibility index (Phi) is 5.63. The summed E-state index contributed by atoms with van der Waals surface area (Å²) in [5, 5.41) is 0. The summed E-state index contributed by atoms with van der Waals surface area (Å²) >= 11 is 0. The van der Waals surface area contributed by atoms with Crippen molar-refractivity contribution in [2.45, 2.75) is 19.3 Å². The molecule has 0 saturated heterocycles. The van der Waals surface area contributed by atoms with Gasteiger partial charge in [-0.1, -0.05) is 13.0 Å². The van der Waals surface area contributed by atoms with Gasteiger partial charge in [0.25, 0.3) is 0 Å². The number of ether oxygens (including phenoxy) is 2. The van der Waals surface area contributed by atoms with E-state index in [2.05, 4.69) is 5.73 Å². The second-order valence-electron chi connectivity index (χ2n) is 4.51. The van der Waals surface area contributed by atoms with Crippen molar-refractivity contribution in [2.24, 2.45) is 5.73 Å². The normalized spacial score (nSPS) is 13.3. The Balaban J connectivity index is 0.000000861. The second-order valence-corrected chi connectivity index (χ2v) is 4.51. The lowest BCUT2D eigenvalue weighted by atomic mass is 9.97. The number of hydrogen-bond donors (Lipinski definition) is 1. The van der Waals surface area contributed by atoms with Gasteiger partial charge >= 0.3 is 0 Å². The smallest absolute Gasteiger partial charge is 0.231 e. The summed E-state index contributed by atoms with van der Waals surface area (Å²) in [6.45, 7) is 2.32. The van der Waals surface area contributed by atoms with E-state index in [4.69, 9.17) is 9.47 Å². The molecule has 2 rings (SSSR count). The highest BCUT2D eigenvalue weighted by atomic mass is 16.7. The first-order valence-electron chi connectivity index (χ1n) is 6.25. The molecule has 1 unspecified atom stereocenters. The summed E-state index contributed by atoms with van der Waals surface area (Å²) in [4.78, 5) is 13.2. The number of amides is 1. The SMILES string of the molecule is CC(CC(=O)N(C)C)c1ccc2c(c1)OCO2.CN. The first-order valence-corrected chi connectivity index (χ1v) is 6.25. The van der Waals surface area contributed by atoms with Crippen LogP contribution in [0.5, 0.6) is 11.5 Å². The van der Waals surface area contributed by atoms with Crippen molar-refractivity contribution >= 4 is 5.91 Å². The van der Waals surface area contributed by atoms with Crippen molar-refractivity contribution in [1.29, 1.82) is 0 Å². The fraction of sp³-hybridized carbons (Fsp3) is 0.500. The van der Waals surface area contributed by atoms with Gasteiger partial charge in [-0.05, 0) is 30.7 Å². The van der Waals surface area contributed by atoms with Crippen molar-refractivity contribution in [3.8, 4) is 11.5 Å². The first-order chi connectivity index (χ1) is 9.08. The van der Waals surface area contributed by atoms with Crippen LogP contribution in [0.15, 0.2) is 18.2 Å². The highest BCUT2D eigenvalue weighted by molar-refractivity contribution is 5.76. The van der Waals surface area contributed by atoms with Crippen LogP contribution in [0.3, 0.4) is 0 Å². The van der Waals surface area contributed by atoms with Crippen LogP contribution in [0, 0.1) is 0 Å². The average molecular weight is 266 g/mol. The van der Waals surface area contributed by atoms with Crippen LogP contribution in [-0.4, -0.2) is 38.7 Å². The molecule has 0 fully saturated rings. The maximum atomic E-state index is 11.6. The van der Waals surface area contributed by atoms with Crippen molar-refractivity contribution < 1.29 is 14.3 Å². The molecule has 1 aromatic carbocycles. The quantitative estimate of drug-likeness (QED) is 0.902. The first kappa shape index (κ1) is 15.3. The molecule has 0 bridgehead atoms. The van der Waals surface area contributed by atoms with E-state index in [-0.39, 0.29) is 18.6 Å². The molecule has 0 radical (unpaired) electrons. The van der Waals surface area contributed by atoms with Gasteiger partial charge in [-0.15, -0.1) is 0 Å². The molecule has 1 aliphatic heterocycles. The van der Waals surface area contributed by atoms with E-state index < -0.39 is 0 Å². The molecule has 0 spiro atoms. The molecule has 0 aromatic heterocycles. The second kappa shape index (κ2) is 6.99. The number of carbonyl (C=O) groups excluding carboxylic acids is 1. The molecule has 5 heteroatoms. The minimum Gasteiger partial charge on any atom is -0.454 e. The van der Waals surface area contributed by atoms with Crippen molar-refractivity contribution in [2.75, 3.05) is 27.9 Å². The number of rotatable bonds is 3. The minimum absolute atomic E-state index is 0.134. The molecule has 1 amide bonds. The van der Waals surface area contributed by atoms with Gasteiger partial charge in [0, 0.05) is 20.5 Å². The standard InChI is InChI=1S/C13H17NO3.CH5N/c1-9(6-13(15)14(2)3)10-4-5-11-12(7-10)17-8-16-11;1-2/h4-5,7,9H,6,8H2,1-3H3;2H2,1H3. The summed E-state index contributed by atoms with van der Waals surface area (Å²) in [6.07, 6.45) is 0.507. The van der Waals surface area contributed by atoms with Crippen molar-refractivity contribution in [1.82, 2.24) is 4.90 Å². The molecular formula is C14H22N2O3. The zero-order valence-corrected chi connectivity index (χ0v) is 12.0. The summed E-state index contributed by atoms with van der Waals surface area (Å²) in [7, 11) is 5.05. The van der Waals surface area contributed by atoms with Crippen LogP contribution in [-0.2, 0) is 4.79 Å². The van der Waals surface area contributed by atoms with E-state index in [9.17, 15) is 4.79 Å². The highest BCUT2D eigenvalue weighted by Gasteiger charge is 2.17. The van der Waals surface area contributed by atoms with Gasteiger partial charge < -0.3 is 20.1 Å². The van der Waals surface area contributed by atoms with E-state index in [0.717, 1.165) is 17.1 Å². The third kappa shape index (κ3) is 3.86. The molecule has 106 valence electrons. The third-order valence-corrected chi connectivity index (χ3v) is 2.95. The summed E-state index contributed by atoms with van der Waals surface area (Å²) in [5.41, 5.74) is 5.60. The van der Waals surface area contributed by atoms with Gasteiger partial charge in [0.05, 0.1) is 0 Å². The van der Waals surface area contributed by atoms with Gasteiger partial charge in [0.15, 0.2) is 11.5 Å². The average Bonchev–Trinajstić information content (AvgIpc) is 2.87. The highest BCUT2D eigenvalue weighted by Crippen LogP contribution is 2.35. The lowest BCUT2D eigenvalue weighted by molar-refractivity contribution is -0.129. The van der Waals surface area contributed by atoms with Crippen LogP contribution in [0.25, 0.3) is 0 Å². The Bertz CT molecular complexity index is 433. The van der Waals surface area contributed by atoms with Crippen LogP contribution >= 0.6 is 0 Å². The predicted molar refractivity (Wildman–Crippen MR) is 74.4 cm³/mol. The van der Waals surface area contributed by atoms with Gasteiger partial charge in [0.2, 0.25) is 12.7 Å². The number of nitrogens with zero attached hydrogens (tertiary/aromatic N) is 1. The number of nitrogens with two attached hydrogens (primary N) is 1. The zero-order valence-electron chi connectivity index (χ0n) is 12.0. The summed E-state index contributed by atoms with van der Waals surface area (Å²) < 4.78 is 10.6. The van der Waals surface area contributed by atoms with Gasteiger partial charge in [0.1, 0.15) is 0 Å². The largest absolute Gasteiger partial charge is 0.454 e. The predicted octanol–water partition coefficient (Wildman–Crippen LogP) is 1.57. The molecule has 0 saturated carbocycles. The Morgan fingerprint density at radius 1 is 1.32 bits per heavy atom. The Labute approximate surface area is 114 Å². The van der Waals surface area contributed by atoms with Crippen LogP contribution in [0.1, 0.15) is 24.8 Å². The van der Waals surface area contributed by atoms with E-state index >= 15 is 0 Å². The molecule has 1 aliphatic rings. The van der Waals surface area contributed by atoms with Crippen LogP contribution in [0.4, 0.5) is 0 Å². The fourth-order valence-corrected chi connectivity index (χ4v) is 1.78. The number of hydrogen-bond acceptors (Lipinski definition) is 4. The topological polar surface area (TPSA) is 64.8 Å². The van der Waals surface area contributed by atoms with E-state index in [0.29, 0.717) is 6.42 Å². The lowest BCUT2D eigenvalue weighted by Gasteiger charge is -2.15. The van der Waals surface area contributed by atoms with E-state index in [1.54, 1.807) is 19.0 Å². The molecule has 5 nitrogen and oxygen atoms in total. The van der Waals surface area contributed by atoms with Crippen molar-refractivity contribution in [3.05, 3.63) is 23.8 Å². The maximum Gasteiger partial charge on any atom is 0.231 e. The monoisotopic (exact) mass is 266 g/mol. The Morgan fingerprint density at radius 2 is 1.95 bits per heavy atom. The third-order valence-electron chi connectivity index (χ3n) is 2.95. The van der Waals surface area contributed by atoms with Gasteiger partial charge in [-0.3, -0.25) is 4.79 Å². The molecule has 1 heterocycles. The summed E-state index contributed by atoms with van der Waals surface area (Å²) in [6, 6.07) is 5.84.